The molecule has 0 aromatic heterocycles. The number of hydrogen-bond acceptors (Lipinski definition) is 4. The Morgan fingerprint density at radius 1 is 1.29 bits per heavy atom. The van der Waals surface area contributed by atoms with Crippen LogP contribution in [-0.4, -0.2) is 28.6 Å². The highest BCUT2D eigenvalue weighted by Crippen LogP contribution is 2.14. The summed E-state index contributed by atoms with van der Waals surface area (Å²) in [6.45, 7) is 3.43. The predicted octanol–water partition coefficient (Wildman–Crippen LogP) is 1.57. The van der Waals surface area contributed by atoms with Gasteiger partial charge in [-0.25, -0.2) is 4.79 Å². The number of hydrogen-bond donors (Lipinski definition) is 2. The van der Waals surface area contributed by atoms with Gasteiger partial charge in [-0.1, -0.05) is 32.0 Å². The van der Waals surface area contributed by atoms with Crippen LogP contribution in [0.4, 0.5) is 0 Å². The summed E-state index contributed by atoms with van der Waals surface area (Å²) in [5, 5.41) is 19.2. The number of carbonyl (C=O) groups is 1. The van der Waals surface area contributed by atoms with Gasteiger partial charge in [-0.3, -0.25) is 0 Å². The normalized spacial score (nSPS) is 16.0. The zero-order chi connectivity index (χ0) is 12.8. The molecule has 2 N–H and O–H groups in total. The molecule has 0 amide bonds. The van der Waals surface area contributed by atoms with Crippen molar-refractivity contribution in [3.63, 3.8) is 0 Å². The molecule has 0 saturated carbocycles. The third kappa shape index (κ3) is 3.84. The third-order valence-corrected chi connectivity index (χ3v) is 2.71. The van der Waals surface area contributed by atoms with E-state index in [4.69, 9.17) is 4.74 Å². The summed E-state index contributed by atoms with van der Waals surface area (Å²) in [4.78, 5) is 11.6. The molecule has 0 spiro atoms. The van der Waals surface area contributed by atoms with Crippen LogP contribution in [0.2, 0.25) is 0 Å². The molecule has 0 fully saturated rings. The van der Waals surface area contributed by atoms with Crippen LogP contribution >= 0.6 is 0 Å². The van der Waals surface area contributed by atoms with Gasteiger partial charge in [-0.2, -0.15) is 0 Å². The van der Waals surface area contributed by atoms with E-state index < -0.39 is 24.3 Å². The molecular formula is C13H18O4. The average molecular weight is 238 g/mol. The Kier molecular flexibility index (Phi) is 5.12. The van der Waals surface area contributed by atoms with E-state index in [2.05, 4.69) is 0 Å². The fourth-order valence-electron chi connectivity index (χ4n) is 1.42. The predicted molar refractivity (Wildman–Crippen MR) is 63.3 cm³/mol. The minimum atomic E-state index is -1.29. The Bertz CT molecular complexity index is 350. The highest BCUT2D eigenvalue weighted by atomic mass is 16.6. The van der Waals surface area contributed by atoms with Crippen molar-refractivity contribution in [2.45, 2.75) is 32.7 Å². The average Bonchev–Trinajstić information content (AvgIpc) is 2.37. The number of benzene rings is 1. The summed E-state index contributed by atoms with van der Waals surface area (Å²) in [7, 11) is 0. The van der Waals surface area contributed by atoms with Crippen LogP contribution in [-0.2, 0) is 4.74 Å². The van der Waals surface area contributed by atoms with Crippen molar-refractivity contribution in [3.8, 4) is 0 Å². The number of esters is 1. The van der Waals surface area contributed by atoms with E-state index in [1.165, 1.54) is 0 Å². The lowest BCUT2D eigenvalue weighted by Crippen LogP contribution is -2.32. The quantitative estimate of drug-likeness (QED) is 0.603. The lowest BCUT2D eigenvalue weighted by atomic mass is 10.0. The second kappa shape index (κ2) is 6.37. The molecule has 17 heavy (non-hydrogen) atoms. The number of aliphatic hydroxyl groups is 2. The van der Waals surface area contributed by atoms with Crippen molar-refractivity contribution in [3.05, 3.63) is 35.9 Å². The van der Waals surface area contributed by atoms with E-state index in [1.807, 2.05) is 0 Å². The first-order valence-corrected chi connectivity index (χ1v) is 5.68. The number of ether oxygens (including phenoxy) is 1. The molecule has 4 heteroatoms. The standard InChI is InChI=1S/C13H18O4/c1-3-11(14)9(2)12(15)17-13(16)10-7-5-4-6-8-10/h4-9,11-12,14-15H,3H2,1-2H3. The van der Waals surface area contributed by atoms with E-state index in [0.717, 1.165) is 0 Å². The van der Waals surface area contributed by atoms with Gasteiger partial charge in [-0.05, 0) is 18.6 Å². The van der Waals surface area contributed by atoms with Crippen molar-refractivity contribution >= 4 is 5.97 Å². The second-order valence-electron chi connectivity index (χ2n) is 4.00. The van der Waals surface area contributed by atoms with Gasteiger partial charge in [0, 0.05) is 5.92 Å². The molecule has 1 rings (SSSR count). The summed E-state index contributed by atoms with van der Waals surface area (Å²) < 4.78 is 4.88. The maximum atomic E-state index is 11.6. The highest BCUT2D eigenvalue weighted by molar-refractivity contribution is 5.89. The minimum Gasteiger partial charge on any atom is -0.432 e. The van der Waals surface area contributed by atoms with Crippen molar-refractivity contribution in [1.82, 2.24) is 0 Å². The fraction of sp³-hybridized carbons (Fsp3) is 0.462. The Balaban J connectivity index is 2.57. The smallest absolute Gasteiger partial charge is 0.340 e. The molecular weight excluding hydrogens is 220 g/mol. The monoisotopic (exact) mass is 238 g/mol. The highest BCUT2D eigenvalue weighted by Gasteiger charge is 2.24. The zero-order valence-electron chi connectivity index (χ0n) is 10.0. The molecule has 0 aliphatic carbocycles. The van der Waals surface area contributed by atoms with E-state index in [1.54, 1.807) is 44.2 Å². The van der Waals surface area contributed by atoms with Crippen molar-refractivity contribution in [1.29, 1.82) is 0 Å². The Hall–Kier alpha value is -1.39. The van der Waals surface area contributed by atoms with Crippen LogP contribution in [0.1, 0.15) is 30.6 Å². The molecule has 0 heterocycles. The lowest BCUT2D eigenvalue weighted by molar-refractivity contribution is -0.121. The maximum Gasteiger partial charge on any atom is 0.340 e. The Morgan fingerprint density at radius 2 is 1.88 bits per heavy atom. The van der Waals surface area contributed by atoms with E-state index >= 15 is 0 Å². The first-order chi connectivity index (χ1) is 8.06. The molecule has 3 atom stereocenters. The van der Waals surface area contributed by atoms with Crippen molar-refractivity contribution in [2.75, 3.05) is 0 Å². The van der Waals surface area contributed by atoms with Crippen molar-refractivity contribution < 1.29 is 19.7 Å². The zero-order valence-corrected chi connectivity index (χ0v) is 10.0. The van der Waals surface area contributed by atoms with Crippen LogP contribution < -0.4 is 0 Å². The molecule has 1 aromatic rings. The summed E-state index contributed by atoms with van der Waals surface area (Å²) in [5.74, 6) is -1.10. The van der Waals surface area contributed by atoms with Crippen LogP contribution in [0.25, 0.3) is 0 Å². The number of aliphatic hydroxyl groups excluding tert-OH is 2. The van der Waals surface area contributed by atoms with Crippen LogP contribution in [0.5, 0.6) is 0 Å². The third-order valence-electron chi connectivity index (χ3n) is 2.71. The van der Waals surface area contributed by atoms with Crippen LogP contribution in [0.15, 0.2) is 30.3 Å². The molecule has 0 saturated heterocycles. The van der Waals surface area contributed by atoms with Gasteiger partial charge in [0.2, 0.25) is 6.29 Å². The molecule has 4 nitrogen and oxygen atoms in total. The van der Waals surface area contributed by atoms with Crippen LogP contribution in [0.3, 0.4) is 0 Å². The van der Waals surface area contributed by atoms with Gasteiger partial charge < -0.3 is 14.9 Å². The van der Waals surface area contributed by atoms with Gasteiger partial charge in [0.15, 0.2) is 0 Å². The molecule has 0 aliphatic rings. The second-order valence-corrected chi connectivity index (χ2v) is 4.00. The number of rotatable bonds is 5. The van der Waals surface area contributed by atoms with Gasteiger partial charge >= 0.3 is 5.97 Å². The summed E-state index contributed by atoms with van der Waals surface area (Å²) >= 11 is 0. The van der Waals surface area contributed by atoms with Crippen molar-refractivity contribution in [2.24, 2.45) is 5.92 Å². The largest absolute Gasteiger partial charge is 0.432 e. The molecule has 0 aliphatic heterocycles. The van der Waals surface area contributed by atoms with Gasteiger partial charge in [0.1, 0.15) is 0 Å². The first-order valence-electron chi connectivity index (χ1n) is 5.68. The fourth-order valence-corrected chi connectivity index (χ4v) is 1.42. The van der Waals surface area contributed by atoms with E-state index in [9.17, 15) is 15.0 Å². The van der Waals surface area contributed by atoms with Gasteiger partial charge in [0.25, 0.3) is 0 Å². The molecule has 0 radical (unpaired) electrons. The Labute approximate surface area is 101 Å². The summed E-state index contributed by atoms with van der Waals surface area (Å²) in [6, 6.07) is 8.43. The summed E-state index contributed by atoms with van der Waals surface area (Å²) in [6.07, 6.45) is -1.48. The van der Waals surface area contributed by atoms with Gasteiger partial charge in [0.05, 0.1) is 11.7 Å². The SMILES string of the molecule is CCC(O)C(C)C(O)OC(=O)c1ccccc1. The van der Waals surface area contributed by atoms with E-state index in [-0.39, 0.29) is 0 Å². The topological polar surface area (TPSA) is 66.8 Å². The molecule has 0 bridgehead atoms. The molecule has 1 aromatic carbocycles. The van der Waals surface area contributed by atoms with E-state index in [0.29, 0.717) is 12.0 Å². The molecule has 3 unspecified atom stereocenters. The first kappa shape index (κ1) is 13.7. The van der Waals surface area contributed by atoms with Crippen LogP contribution in [0, 0.1) is 5.92 Å². The lowest BCUT2D eigenvalue weighted by Gasteiger charge is -2.22. The minimum absolute atomic E-state index is 0.379. The maximum absolute atomic E-state index is 11.6. The molecule has 94 valence electrons. The Morgan fingerprint density at radius 3 is 2.41 bits per heavy atom. The summed E-state index contributed by atoms with van der Waals surface area (Å²) in [5.41, 5.74) is 0.379. The number of carbonyl (C=O) groups excluding carboxylic acids is 1. The van der Waals surface area contributed by atoms with Gasteiger partial charge in [-0.15, -0.1) is 0 Å².